The van der Waals surface area contributed by atoms with Crippen molar-refractivity contribution in [3.63, 3.8) is 0 Å². The van der Waals surface area contributed by atoms with E-state index in [1.807, 2.05) is 12.1 Å². The lowest BCUT2D eigenvalue weighted by atomic mass is 9.78. The Morgan fingerprint density at radius 3 is 2.57 bits per heavy atom. The third kappa shape index (κ3) is 3.03. The van der Waals surface area contributed by atoms with Gasteiger partial charge in [0.1, 0.15) is 5.84 Å². The highest BCUT2D eigenvalue weighted by Gasteiger charge is 2.39. The maximum Gasteiger partial charge on any atom is 0.228 e. The van der Waals surface area contributed by atoms with Crippen molar-refractivity contribution >= 4 is 46.3 Å². The van der Waals surface area contributed by atoms with Gasteiger partial charge in [-0.25, -0.2) is 0 Å². The van der Waals surface area contributed by atoms with Gasteiger partial charge in [-0.15, -0.1) is 11.3 Å². The molecule has 3 nitrogen and oxygen atoms in total. The third-order valence-corrected chi connectivity index (χ3v) is 6.30. The Hall–Kier alpha value is -1.36. The topological polar surface area (TPSA) is 44.2 Å². The zero-order chi connectivity index (χ0) is 16.8. The number of carbonyl (C=O) groups excluding carboxylic acids is 1. The van der Waals surface area contributed by atoms with Gasteiger partial charge in [0.25, 0.3) is 0 Å². The van der Waals surface area contributed by atoms with Crippen LogP contribution in [0.15, 0.2) is 29.6 Å². The lowest BCUT2D eigenvalue weighted by Gasteiger charge is -2.36. The summed E-state index contributed by atoms with van der Waals surface area (Å²) in [6.07, 6.45) is 0.990. The molecule has 1 atom stereocenters. The van der Waals surface area contributed by atoms with E-state index in [-0.39, 0.29) is 11.3 Å². The number of rotatable bonds is 2. The van der Waals surface area contributed by atoms with Crippen molar-refractivity contribution in [3.8, 4) is 11.1 Å². The Morgan fingerprint density at radius 1 is 1.17 bits per heavy atom. The molecule has 1 aliphatic heterocycles. The lowest BCUT2D eigenvalue weighted by Crippen LogP contribution is -2.46. The molecule has 1 amide bonds. The molecular formula is C17H16Cl2N2OS. The first-order valence-corrected chi connectivity index (χ1v) is 8.82. The molecule has 0 spiro atoms. The summed E-state index contributed by atoms with van der Waals surface area (Å²) in [5.41, 5.74) is 1.74. The van der Waals surface area contributed by atoms with E-state index in [2.05, 4.69) is 18.4 Å². The number of likely N-dealkylation sites (tertiary alicyclic amines) is 1. The molecule has 0 radical (unpaired) electrons. The van der Waals surface area contributed by atoms with Gasteiger partial charge in [-0.3, -0.25) is 10.2 Å². The number of halogens is 2. The molecule has 1 saturated heterocycles. The van der Waals surface area contributed by atoms with Gasteiger partial charge >= 0.3 is 0 Å². The summed E-state index contributed by atoms with van der Waals surface area (Å²) >= 11 is 13.7. The van der Waals surface area contributed by atoms with Crippen molar-refractivity contribution in [2.24, 2.45) is 0 Å². The molecule has 0 aliphatic carbocycles. The number of carbonyl (C=O) groups is 1. The summed E-state index contributed by atoms with van der Waals surface area (Å²) in [5, 5.41) is 11.2. The molecule has 120 valence electrons. The third-order valence-electron chi connectivity index (χ3n) is 4.33. The zero-order valence-corrected chi connectivity index (χ0v) is 15.1. The van der Waals surface area contributed by atoms with Crippen LogP contribution in [0.2, 0.25) is 10.0 Å². The Balaban J connectivity index is 1.93. The number of hydrogen-bond acceptors (Lipinski definition) is 3. The highest BCUT2D eigenvalue weighted by Crippen LogP contribution is 2.41. The maximum absolute atomic E-state index is 12.1. The molecule has 6 heteroatoms. The van der Waals surface area contributed by atoms with Crippen molar-refractivity contribution in [3.05, 3.63) is 44.6 Å². The SMILES string of the molecule is CN1C(=N)C[C@](C)(c2cc(-c3ccc(Cl)c(Cl)c3)cs2)CC1=O. The monoisotopic (exact) mass is 366 g/mol. The predicted octanol–water partition coefficient (Wildman–Crippen LogP) is 5.21. The average Bonchev–Trinajstić information content (AvgIpc) is 2.98. The van der Waals surface area contributed by atoms with Crippen molar-refractivity contribution in [1.82, 2.24) is 4.90 Å². The largest absolute Gasteiger partial charge is 0.304 e. The molecule has 0 bridgehead atoms. The molecule has 1 aromatic heterocycles. The molecule has 0 unspecified atom stereocenters. The van der Waals surface area contributed by atoms with Gasteiger partial charge in [0, 0.05) is 30.2 Å². The minimum atomic E-state index is -0.320. The summed E-state index contributed by atoms with van der Waals surface area (Å²) < 4.78 is 0. The maximum atomic E-state index is 12.1. The normalized spacial score (nSPS) is 21.8. The minimum absolute atomic E-state index is 0.00626. The molecule has 1 N–H and O–H groups in total. The average molecular weight is 367 g/mol. The number of hydrogen-bond donors (Lipinski definition) is 1. The molecule has 0 saturated carbocycles. The van der Waals surface area contributed by atoms with Crippen LogP contribution in [0, 0.1) is 5.41 Å². The van der Waals surface area contributed by atoms with E-state index in [9.17, 15) is 4.79 Å². The summed E-state index contributed by atoms with van der Waals surface area (Å²) in [6, 6.07) is 7.66. The minimum Gasteiger partial charge on any atom is -0.304 e. The summed E-state index contributed by atoms with van der Waals surface area (Å²) in [5.74, 6) is 0.362. The Kier molecular flexibility index (Phi) is 4.25. The van der Waals surface area contributed by atoms with Gasteiger partial charge < -0.3 is 4.90 Å². The van der Waals surface area contributed by atoms with Crippen LogP contribution in [-0.2, 0) is 10.2 Å². The molecule has 2 aromatic rings. The lowest BCUT2D eigenvalue weighted by molar-refractivity contribution is -0.128. The van der Waals surface area contributed by atoms with E-state index in [1.54, 1.807) is 24.5 Å². The fourth-order valence-corrected chi connectivity index (χ4v) is 4.19. The van der Waals surface area contributed by atoms with E-state index in [4.69, 9.17) is 28.6 Å². The van der Waals surface area contributed by atoms with Crippen LogP contribution < -0.4 is 0 Å². The van der Waals surface area contributed by atoms with Crippen LogP contribution in [-0.4, -0.2) is 23.7 Å². The van der Waals surface area contributed by atoms with Gasteiger partial charge in [0.2, 0.25) is 5.91 Å². The molecule has 1 fully saturated rings. The first-order chi connectivity index (χ1) is 10.8. The number of nitrogens with one attached hydrogen (secondary N) is 1. The summed E-state index contributed by atoms with van der Waals surface area (Å²) in [4.78, 5) is 14.7. The Morgan fingerprint density at radius 2 is 1.91 bits per heavy atom. The van der Waals surface area contributed by atoms with Crippen molar-refractivity contribution in [2.45, 2.75) is 25.2 Å². The number of amides is 1. The molecule has 3 rings (SSSR count). The standard InChI is InChI=1S/C17H16Cl2N2OS/c1-17(7-15(20)21(2)16(22)8-17)14-6-11(9-23-14)10-3-4-12(18)13(19)5-10/h3-6,9,20H,7-8H2,1-2H3/t17-/m0/s1. The van der Waals surface area contributed by atoms with Crippen molar-refractivity contribution < 1.29 is 4.79 Å². The molecule has 23 heavy (non-hydrogen) atoms. The van der Waals surface area contributed by atoms with Gasteiger partial charge in [0.05, 0.1) is 10.0 Å². The number of thiophene rings is 1. The van der Waals surface area contributed by atoms with E-state index < -0.39 is 0 Å². The van der Waals surface area contributed by atoms with Crippen LogP contribution >= 0.6 is 34.5 Å². The van der Waals surface area contributed by atoms with Gasteiger partial charge in [-0.05, 0) is 34.7 Å². The first kappa shape index (κ1) is 16.5. The van der Waals surface area contributed by atoms with Gasteiger partial charge in [0.15, 0.2) is 0 Å². The smallest absolute Gasteiger partial charge is 0.228 e. The Labute approximate surface area is 149 Å². The molecular weight excluding hydrogens is 351 g/mol. The highest BCUT2D eigenvalue weighted by molar-refractivity contribution is 7.10. The van der Waals surface area contributed by atoms with Crippen molar-refractivity contribution in [2.75, 3.05) is 7.05 Å². The van der Waals surface area contributed by atoms with E-state index in [1.165, 1.54) is 4.90 Å². The fraction of sp³-hybridized carbons (Fsp3) is 0.294. The van der Waals surface area contributed by atoms with Crippen LogP contribution in [0.3, 0.4) is 0 Å². The number of amidine groups is 1. The number of piperidine rings is 1. The second-order valence-corrected chi connectivity index (χ2v) is 7.87. The van der Waals surface area contributed by atoms with E-state index in [0.717, 1.165) is 16.0 Å². The second-order valence-electron chi connectivity index (χ2n) is 6.14. The van der Waals surface area contributed by atoms with E-state index in [0.29, 0.717) is 28.7 Å². The predicted molar refractivity (Wildman–Crippen MR) is 96.9 cm³/mol. The first-order valence-electron chi connectivity index (χ1n) is 7.18. The van der Waals surface area contributed by atoms with Crippen LogP contribution in [0.1, 0.15) is 24.6 Å². The van der Waals surface area contributed by atoms with Crippen molar-refractivity contribution in [1.29, 1.82) is 5.41 Å². The summed E-state index contributed by atoms with van der Waals surface area (Å²) in [6.45, 7) is 2.05. The molecule has 1 aliphatic rings. The number of nitrogens with zero attached hydrogens (tertiary/aromatic N) is 1. The van der Waals surface area contributed by atoms with Crippen LogP contribution in [0.25, 0.3) is 11.1 Å². The quantitative estimate of drug-likeness (QED) is 0.778. The van der Waals surface area contributed by atoms with E-state index >= 15 is 0 Å². The molecule has 1 aromatic carbocycles. The Bertz CT molecular complexity index is 782. The fourth-order valence-electron chi connectivity index (χ4n) is 2.81. The zero-order valence-electron chi connectivity index (χ0n) is 12.8. The van der Waals surface area contributed by atoms with Gasteiger partial charge in [-0.1, -0.05) is 36.2 Å². The number of benzene rings is 1. The highest BCUT2D eigenvalue weighted by atomic mass is 35.5. The van der Waals surface area contributed by atoms with Gasteiger partial charge in [-0.2, -0.15) is 0 Å². The van der Waals surface area contributed by atoms with Crippen LogP contribution in [0.4, 0.5) is 0 Å². The second kappa shape index (κ2) is 5.93. The summed E-state index contributed by atoms with van der Waals surface area (Å²) in [7, 11) is 1.67. The van der Waals surface area contributed by atoms with Crippen LogP contribution in [0.5, 0.6) is 0 Å². The molecule has 2 heterocycles.